The number of rotatable bonds is 5. The van der Waals surface area contributed by atoms with E-state index in [2.05, 4.69) is 25.3 Å². The molecule has 0 saturated carbocycles. The van der Waals surface area contributed by atoms with Crippen LogP contribution < -0.4 is 0 Å². The molecule has 0 bridgehead atoms. The summed E-state index contributed by atoms with van der Waals surface area (Å²) in [6.45, 7) is 7.67. The zero-order valence-electron chi connectivity index (χ0n) is 8.92. The Kier molecular flexibility index (Phi) is 4.14. The molecule has 3 nitrogen and oxygen atoms in total. The van der Waals surface area contributed by atoms with Gasteiger partial charge in [-0.25, -0.2) is 4.79 Å². The number of hydrogen-bond donors (Lipinski definition) is 1. The van der Waals surface area contributed by atoms with Gasteiger partial charge in [0.15, 0.2) is 0 Å². The number of carbonyl (C=O) groups is 1. The second-order valence-corrected chi connectivity index (χ2v) is 4.12. The number of carboxylic acids is 1. The van der Waals surface area contributed by atoms with E-state index in [1.165, 1.54) is 0 Å². The van der Waals surface area contributed by atoms with Gasteiger partial charge in [0.25, 0.3) is 0 Å². The second kappa shape index (κ2) is 4.42. The van der Waals surface area contributed by atoms with E-state index in [4.69, 9.17) is 5.11 Å². The van der Waals surface area contributed by atoms with Crippen LogP contribution in [0.2, 0.25) is 0 Å². The van der Waals surface area contributed by atoms with E-state index in [0.717, 1.165) is 6.42 Å². The van der Waals surface area contributed by atoms with Crippen molar-refractivity contribution in [2.75, 3.05) is 14.1 Å². The van der Waals surface area contributed by atoms with Crippen molar-refractivity contribution in [3.63, 3.8) is 0 Å². The molecular weight excluding hydrogens is 166 g/mol. The van der Waals surface area contributed by atoms with Crippen molar-refractivity contribution in [1.82, 2.24) is 4.90 Å². The molecule has 0 aromatic heterocycles. The number of aliphatic carboxylic acids is 1. The van der Waals surface area contributed by atoms with Crippen LogP contribution in [0.25, 0.3) is 0 Å². The molecule has 0 aromatic carbocycles. The predicted octanol–water partition coefficient (Wildman–Crippen LogP) is 1.75. The van der Waals surface area contributed by atoms with Crippen molar-refractivity contribution in [2.24, 2.45) is 0 Å². The normalized spacial score (nSPS) is 11.8. The van der Waals surface area contributed by atoms with Gasteiger partial charge in [-0.1, -0.05) is 6.58 Å². The quantitative estimate of drug-likeness (QED) is 0.663. The second-order valence-electron chi connectivity index (χ2n) is 4.12. The van der Waals surface area contributed by atoms with Crippen LogP contribution in [0.5, 0.6) is 0 Å². The molecule has 0 rings (SSSR count). The molecule has 0 amide bonds. The van der Waals surface area contributed by atoms with Crippen LogP contribution in [0, 0.1) is 0 Å². The molecule has 3 heteroatoms. The maximum atomic E-state index is 10.5. The van der Waals surface area contributed by atoms with Gasteiger partial charge >= 0.3 is 5.97 Å². The summed E-state index contributed by atoms with van der Waals surface area (Å²) in [6.07, 6.45) is 1.35. The Morgan fingerprint density at radius 1 is 1.46 bits per heavy atom. The van der Waals surface area contributed by atoms with Crippen molar-refractivity contribution < 1.29 is 9.90 Å². The molecule has 0 unspecified atom stereocenters. The Morgan fingerprint density at radius 2 is 1.92 bits per heavy atom. The highest BCUT2D eigenvalue weighted by Crippen LogP contribution is 2.19. The van der Waals surface area contributed by atoms with Crippen molar-refractivity contribution in [3.8, 4) is 0 Å². The van der Waals surface area contributed by atoms with Crippen LogP contribution in [0.1, 0.15) is 26.7 Å². The zero-order valence-corrected chi connectivity index (χ0v) is 8.92. The van der Waals surface area contributed by atoms with Crippen LogP contribution in [0.15, 0.2) is 12.2 Å². The van der Waals surface area contributed by atoms with Crippen molar-refractivity contribution in [3.05, 3.63) is 12.2 Å². The van der Waals surface area contributed by atoms with Gasteiger partial charge in [0, 0.05) is 11.1 Å². The van der Waals surface area contributed by atoms with E-state index < -0.39 is 5.97 Å². The highest BCUT2D eigenvalue weighted by Gasteiger charge is 2.21. The van der Waals surface area contributed by atoms with Crippen LogP contribution >= 0.6 is 0 Å². The Labute approximate surface area is 80.0 Å². The summed E-state index contributed by atoms with van der Waals surface area (Å²) < 4.78 is 0. The number of hydrogen-bond acceptors (Lipinski definition) is 2. The molecule has 0 saturated heterocycles. The minimum Gasteiger partial charge on any atom is -0.478 e. The van der Waals surface area contributed by atoms with Gasteiger partial charge in [0.2, 0.25) is 0 Å². The maximum Gasteiger partial charge on any atom is 0.330 e. The van der Waals surface area contributed by atoms with Crippen LogP contribution in [0.4, 0.5) is 0 Å². The van der Waals surface area contributed by atoms with Crippen LogP contribution in [0.3, 0.4) is 0 Å². The van der Waals surface area contributed by atoms with Crippen LogP contribution in [-0.4, -0.2) is 35.6 Å². The van der Waals surface area contributed by atoms with E-state index in [1.54, 1.807) is 0 Å². The summed E-state index contributed by atoms with van der Waals surface area (Å²) in [4.78, 5) is 12.6. The molecule has 0 heterocycles. The fourth-order valence-corrected chi connectivity index (χ4v) is 0.787. The summed E-state index contributed by atoms with van der Waals surface area (Å²) in [6, 6.07) is 0. The number of nitrogens with zero attached hydrogens (tertiary/aromatic N) is 1. The first kappa shape index (κ1) is 12.2. The van der Waals surface area contributed by atoms with Gasteiger partial charge < -0.3 is 10.0 Å². The Bertz CT molecular complexity index is 207. The third kappa shape index (κ3) is 4.08. The summed E-state index contributed by atoms with van der Waals surface area (Å²) in [7, 11) is 3.98. The topological polar surface area (TPSA) is 40.5 Å². The monoisotopic (exact) mass is 185 g/mol. The Morgan fingerprint density at radius 3 is 2.23 bits per heavy atom. The molecule has 1 N–H and O–H groups in total. The Hall–Kier alpha value is -0.830. The molecule has 0 aromatic rings. The van der Waals surface area contributed by atoms with Crippen molar-refractivity contribution in [2.45, 2.75) is 32.2 Å². The van der Waals surface area contributed by atoms with Crippen molar-refractivity contribution in [1.29, 1.82) is 0 Å². The minimum absolute atomic E-state index is 0.0262. The molecular formula is C10H19NO2. The van der Waals surface area contributed by atoms with Gasteiger partial charge in [-0.2, -0.15) is 0 Å². The van der Waals surface area contributed by atoms with Crippen molar-refractivity contribution >= 4 is 5.97 Å². The molecule has 0 atom stereocenters. The van der Waals surface area contributed by atoms with E-state index in [9.17, 15) is 4.79 Å². The molecule has 0 radical (unpaired) electrons. The first-order valence-corrected chi connectivity index (χ1v) is 4.36. The van der Waals surface area contributed by atoms with E-state index >= 15 is 0 Å². The van der Waals surface area contributed by atoms with E-state index in [-0.39, 0.29) is 11.1 Å². The Balaban J connectivity index is 4.02. The molecule has 0 spiro atoms. The van der Waals surface area contributed by atoms with Gasteiger partial charge in [0.05, 0.1) is 0 Å². The zero-order chi connectivity index (χ0) is 10.6. The van der Waals surface area contributed by atoms with E-state index in [0.29, 0.717) is 6.42 Å². The van der Waals surface area contributed by atoms with Gasteiger partial charge in [-0.15, -0.1) is 0 Å². The largest absolute Gasteiger partial charge is 0.478 e. The lowest BCUT2D eigenvalue weighted by atomic mass is 9.95. The van der Waals surface area contributed by atoms with Crippen LogP contribution in [-0.2, 0) is 4.79 Å². The third-order valence-corrected chi connectivity index (χ3v) is 2.55. The number of carboxylic acid groups (broad SMARTS) is 1. The first-order valence-electron chi connectivity index (χ1n) is 4.36. The fourth-order valence-electron chi connectivity index (χ4n) is 0.787. The molecule has 13 heavy (non-hydrogen) atoms. The molecule has 0 aliphatic rings. The highest BCUT2D eigenvalue weighted by atomic mass is 16.4. The summed E-state index contributed by atoms with van der Waals surface area (Å²) in [5.74, 6) is -0.894. The van der Waals surface area contributed by atoms with Gasteiger partial charge in [0.1, 0.15) is 0 Å². The predicted molar refractivity (Wildman–Crippen MR) is 53.8 cm³/mol. The smallest absolute Gasteiger partial charge is 0.330 e. The molecule has 76 valence electrons. The summed E-state index contributed by atoms with van der Waals surface area (Å²) in [5, 5.41) is 8.60. The summed E-state index contributed by atoms with van der Waals surface area (Å²) in [5.41, 5.74) is 0.313. The SMILES string of the molecule is C=C(CCC(C)(C)N(C)C)C(=O)O. The molecule has 0 fully saturated rings. The lowest BCUT2D eigenvalue weighted by Crippen LogP contribution is -2.38. The maximum absolute atomic E-state index is 10.5. The fraction of sp³-hybridized carbons (Fsp3) is 0.700. The minimum atomic E-state index is -0.894. The lowest BCUT2D eigenvalue weighted by Gasteiger charge is -2.32. The highest BCUT2D eigenvalue weighted by molar-refractivity contribution is 5.85. The average molecular weight is 185 g/mol. The van der Waals surface area contributed by atoms with E-state index in [1.807, 2.05) is 14.1 Å². The third-order valence-electron chi connectivity index (χ3n) is 2.55. The van der Waals surface area contributed by atoms with Gasteiger partial charge in [-0.3, -0.25) is 0 Å². The molecule has 0 aliphatic heterocycles. The standard InChI is InChI=1S/C10H19NO2/c1-8(9(12)13)6-7-10(2,3)11(4)5/h1,6-7H2,2-5H3,(H,12,13). The summed E-state index contributed by atoms with van der Waals surface area (Å²) >= 11 is 0. The first-order chi connectivity index (χ1) is 5.77. The lowest BCUT2D eigenvalue weighted by molar-refractivity contribution is -0.132. The van der Waals surface area contributed by atoms with Gasteiger partial charge in [-0.05, 0) is 40.8 Å². The average Bonchev–Trinajstić information content (AvgIpc) is 1.99. The molecule has 0 aliphatic carbocycles.